The fourth-order valence-corrected chi connectivity index (χ4v) is 4.24. The van der Waals surface area contributed by atoms with E-state index in [1.54, 1.807) is 0 Å². The zero-order valence-electron chi connectivity index (χ0n) is 10.6. The van der Waals surface area contributed by atoms with Gasteiger partial charge in [-0.15, -0.1) is 23.1 Å². The molecule has 0 aliphatic rings. The first kappa shape index (κ1) is 13.7. The first-order valence-electron chi connectivity index (χ1n) is 6.25. The van der Waals surface area contributed by atoms with Crippen LogP contribution in [0.4, 0.5) is 0 Å². The smallest absolute Gasteiger partial charge is 0.0545 e. The van der Waals surface area contributed by atoms with Gasteiger partial charge >= 0.3 is 0 Å². The van der Waals surface area contributed by atoms with Crippen molar-refractivity contribution in [1.29, 1.82) is 0 Å². The van der Waals surface area contributed by atoms with Crippen molar-refractivity contribution >= 4 is 23.1 Å². The van der Waals surface area contributed by atoms with E-state index in [1.165, 1.54) is 10.4 Å². The molecule has 0 bridgehead atoms. The van der Waals surface area contributed by atoms with E-state index in [2.05, 4.69) is 54.8 Å². The Labute approximate surface area is 117 Å². The fourth-order valence-electron chi connectivity index (χ4n) is 1.84. The molecule has 1 aromatic heterocycles. The summed E-state index contributed by atoms with van der Waals surface area (Å²) in [6, 6.07) is 15.1. The first-order chi connectivity index (χ1) is 8.81. The monoisotopic (exact) mass is 277 g/mol. The minimum Gasteiger partial charge on any atom is -0.326 e. The van der Waals surface area contributed by atoms with Crippen molar-refractivity contribution in [3.8, 4) is 0 Å². The molecule has 2 aromatic rings. The lowest BCUT2D eigenvalue weighted by molar-refractivity contribution is 0.640. The molecule has 0 aliphatic heterocycles. The van der Waals surface area contributed by atoms with Crippen molar-refractivity contribution in [3.63, 3.8) is 0 Å². The van der Waals surface area contributed by atoms with Crippen molar-refractivity contribution < 1.29 is 0 Å². The number of thioether (sulfide) groups is 1. The number of thiophene rings is 1. The van der Waals surface area contributed by atoms with Crippen molar-refractivity contribution in [3.05, 3.63) is 58.3 Å². The third kappa shape index (κ3) is 3.61. The van der Waals surface area contributed by atoms with E-state index in [1.807, 2.05) is 23.1 Å². The van der Waals surface area contributed by atoms with Crippen molar-refractivity contribution in [2.75, 3.05) is 0 Å². The van der Waals surface area contributed by atoms with Crippen LogP contribution >= 0.6 is 23.1 Å². The van der Waals surface area contributed by atoms with Crippen LogP contribution < -0.4 is 5.73 Å². The molecule has 1 nitrogen and oxygen atoms in total. The van der Waals surface area contributed by atoms with E-state index < -0.39 is 0 Å². The maximum Gasteiger partial charge on any atom is 0.0545 e. The standard InChI is InChI=1S/C15H19NS2/c1-2-13(16)15(14-9-6-10-17-14)18-11-12-7-4-3-5-8-12/h3-10,13,15H,2,11,16H2,1H3. The molecule has 0 amide bonds. The Morgan fingerprint density at radius 3 is 2.56 bits per heavy atom. The lowest BCUT2D eigenvalue weighted by Crippen LogP contribution is -2.25. The SMILES string of the molecule is CCC(N)C(SCc1ccccc1)c1cccs1. The number of benzene rings is 1. The lowest BCUT2D eigenvalue weighted by atomic mass is 10.1. The second-order valence-corrected chi connectivity index (χ2v) is 6.41. The van der Waals surface area contributed by atoms with Gasteiger partial charge < -0.3 is 5.73 Å². The summed E-state index contributed by atoms with van der Waals surface area (Å²) in [5.74, 6) is 1.02. The van der Waals surface area contributed by atoms with Gasteiger partial charge in [0, 0.05) is 16.7 Å². The molecular weight excluding hydrogens is 258 g/mol. The van der Waals surface area contributed by atoms with Gasteiger partial charge in [-0.3, -0.25) is 0 Å². The van der Waals surface area contributed by atoms with Crippen LogP contribution in [0.3, 0.4) is 0 Å². The summed E-state index contributed by atoms with van der Waals surface area (Å²) in [6.07, 6.45) is 1.02. The minimum absolute atomic E-state index is 0.234. The molecule has 2 unspecified atom stereocenters. The highest BCUT2D eigenvalue weighted by Gasteiger charge is 2.19. The molecule has 18 heavy (non-hydrogen) atoms. The third-order valence-corrected chi connectivity index (χ3v) is 5.52. The number of rotatable bonds is 6. The predicted molar refractivity (Wildman–Crippen MR) is 83.1 cm³/mol. The molecule has 2 atom stereocenters. The van der Waals surface area contributed by atoms with Crippen LogP contribution in [0.5, 0.6) is 0 Å². The van der Waals surface area contributed by atoms with Gasteiger partial charge in [0.05, 0.1) is 5.25 Å². The molecule has 0 radical (unpaired) electrons. The Balaban J connectivity index is 2.02. The van der Waals surface area contributed by atoms with Gasteiger partial charge in [0.1, 0.15) is 0 Å². The molecule has 1 heterocycles. The Morgan fingerprint density at radius 1 is 1.17 bits per heavy atom. The first-order valence-corrected chi connectivity index (χ1v) is 8.18. The molecular formula is C15H19NS2. The Kier molecular flexibility index (Phi) is 5.29. The van der Waals surface area contributed by atoms with Crippen LogP contribution in [0.2, 0.25) is 0 Å². The Hall–Kier alpha value is -0.770. The quantitative estimate of drug-likeness (QED) is 0.843. The summed E-state index contributed by atoms with van der Waals surface area (Å²) in [5.41, 5.74) is 7.63. The highest BCUT2D eigenvalue weighted by atomic mass is 32.2. The second kappa shape index (κ2) is 6.98. The zero-order valence-corrected chi connectivity index (χ0v) is 12.2. The van der Waals surface area contributed by atoms with Crippen LogP contribution in [-0.4, -0.2) is 6.04 Å². The van der Waals surface area contributed by atoms with Crippen molar-refractivity contribution in [2.45, 2.75) is 30.4 Å². The van der Waals surface area contributed by atoms with Gasteiger partial charge in [0.15, 0.2) is 0 Å². The van der Waals surface area contributed by atoms with E-state index in [4.69, 9.17) is 5.73 Å². The fraction of sp³-hybridized carbons (Fsp3) is 0.333. The summed E-state index contributed by atoms with van der Waals surface area (Å²) in [7, 11) is 0. The maximum atomic E-state index is 6.26. The number of hydrogen-bond acceptors (Lipinski definition) is 3. The second-order valence-electron chi connectivity index (χ2n) is 4.30. The van der Waals surface area contributed by atoms with E-state index in [-0.39, 0.29) is 6.04 Å². The topological polar surface area (TPSA) is 26.0 Å². The molecule has 96 valence electrons. The largest absolute Gasteiger partial charge is 0.326 e. The average molecular weight is 277 g/mol. The van der Waals surface area contributed by atoms with Gasteiger partial charge in [-0.1, -0.05) is 43.3 Å². The molecule has 0 fully saturated rings. The number of hydrogen-bond donors (Lipinski definition) is 1. The zero-order chi connectivity index (χ0) is 12.8. The third-order valence-electron chi connectivity index (χ3n) is 2.96. The summed E-state index contributed by atoms with van der Waals surface area (Å²) >= 11 is 3.76. The summed E-state index contributed by atoms with van der Waals surface area (Å²) in [5, 5.41) is 2.54. The Bertz CT molecular complexity index is 439. The maximum absolute atomic E-state index is 6.26. The summed E-state index contributed by atoms with van der Waals surface area (Å²) in [4.78, 5) is 1.39. The van der Waals surface area contributed by atoms with Crippen LogP contribution in [-0.2, 0) is 5.75 Å². The lowest BCUT2D eigenvalue weighted by Gasteiger charge is -2.21. The molecule has 3 heteroatoms. The van der Waals surface area contributed by atoms with Crippen molar-refractivity contribution in [1.82, 2.24) is 0 Å². The van der Waals surface area contributed by atoms with Crippen molar-refractivity contribution in [2.24, 2.45) is 5.73 Å². The average Bonchev–Trinajstić information content (AvgIpc) is 2.94. The van der Waals surface area contributed by atoms with Gasteiger partial charge in [-0.25, -0.2) is 0 Å². The van der Waals surface area contributed by atoms with Crippen LogP contribution in [0.25, 0.3) is 0 Å². The summed E-state index contributed by atoms with van der Waals surface area (Å²) in [6.45, 7) is 2.16. The molecule has 2 rings (SSSR count). The van der Waals surface area contributed by atoms with Gasteiger partial charge in [0.2, 0.25) is 0 Å². The van der Waals surface area contributed by atoms with Gasteiger partial charge in [0.25, 0.3) is 0 Å². The van der Waals surface area contributed by atoms with E-state index in [9.17, 15) is 0 Å². The molecule has 2 N–H and O–H groups in total. The van der Waals surface area contributed by atoms with Gasteiger partial charge in [-0.2, -0.15) is 0 Å². The normalized spacial score (nSPS) is 14.3. The summed E-state index contributed by atoms with van der Waals surface area (Å²) < 4.78 is 0. The van der Waals surface area contributed by atoms with Crippen LogP contribution in [0.1, 0.15) is 29.0 Å². The molecule has 0 saturated carbocycles. The van der Waals surface area contributed by atoms with E-state index in [0.29, 0.717) is 5.25 Å². The van der Waals surface area contributed by atoms with Gasteiger partial charge in [-0.05, 0) is 23.4 Å². The highest BCUT2D eigenvalue weighted by Crippen LogP contribution is 2.37. The van der Waals surface area contributed by atoms with E-state index >= 15 is 0 Å². The van der Waals surface area contributed by atoms with Crippen LogP contribution in [0.15, 0.2) is 47.8 Å². The number of nitrogens with two attached hydrogens (primary N) is 1. The Morgan fingerprint density at radius 2 is 1.94 bits per heavy atom. The molecule has 0 saturated heterocycles. The molecule has 0 aliphatic carbocycles. The highest BCUT2D eigenvalue weighted by molar-refractivity contribution is 7.98. The van der Waals surface area contributed by atoms with Crippen LogP contribution in [0, 0.1) is 0 Å². The predicted octanol–water partition coefficient (Wildman–Crippen LogP) is 4.46. The minimum atomic E-state index is 0.234. The van der Waals surface area contributed by atoms with E-state index in [0.717, 1.165) is 12.2 Å². The molecule has 0 spiro atoms. The molecule has 1 aromatic carbocycles.